The molecule has 1 N–H and O–H groups in total. The Labute approximate surface area is 142 Å². The maximum Gasteiger partial charge on any atom is 0.266 e. The van der Waals surface area contributed by atoms with E-state index in [9.17, 15) is 4.79 Å². The maximum absolute atomic E-state index is 12.1. The van der Waals surface area contributed by atoms with Crippen LogP contribution in [0.15, 0.2) is 28.6 Å². The number of carbonyl (C=O) groups is 1. The quantitative estimate of drug-likeness (QED) is 0.597. The van der Waals surface area contributed by atoms with Crippen LogP contribution in [0.3, 0.4) is 0 Å². The van der Waals surface area contributed by atoms with Crippen LogP contribution in [0.2, 0.25) is 5.02 Å². The molecule has 8 heteroatoms. The number of ether oxygens (including phenoxy) is 1. The molecule has 0 saturated carbocycles. The summed E-state index contributed by atoms with van der Waals surface area (Å²) in [6.45, 7) is 3.76. The van der Waals surface area contributed by atoms with Gasteiger partial charge in [0.1, 0.15) is 5.75 Å². The third kappa shape index (κ3) is 4.86. The largest absolute Gasteiger partial charge is 0.479 e. The number of hydrogen-bond acceptors (Lipinski definition) is 6. The fourth-order valence-electron chi connectivity index (χ4n) is 1.50. The molecule has 0 aliphatic rings. The number of amides is 1. The zero-order valence-corrected chi connectivity index (χ0v) is 14.6. The number of aromatic nitrogens is 2. The van der Waals surface area contributed by atoms with Crippen molar-refractivity contribution in [2.75, 3.05) is 11.1 Å². The van der Waals surface area contributed by atoms with Gasteiger partial charge in [0, 0.05) is 5.75 Å². The van der Waals surface area contributed by atoms with Gasteiger partial charge in [-0.05, 0) is 25.5 Å². The molecule has 1 atom stereocenters. The van der Waals surface area contributed by atoms with Crippen molar-refractivity contribution in [1.29, 1.82) is 0 Å². The minimum atomic E-state index is -0.685. The minimum Gasteiger partial charge on any atom is -0.479 e. The van der Waals surface area contributed by atoms with E-state index in [2.05, 4.69) is 22.4 Å². The molecule has 1 aromatic heterocycles. The normalized spacial score (nSPS) is 12.0. The van der Waals surface area contributed by atoms with Gasteiger partial charge < -0.3 is 4.74 Å². The number of carbonyl (C=O) groups excluding carboxylic acids is 1. The highest BCUT2D eigenvalue weighted by Gasteiger charge is 2.18. The summed E-state index contributed by atoms with van der Waals surface area (Å²) in [6, 6.07) is 7.03. The second-order valence-electron chi connectivity index (χ2n) is 4.40. The van der Waals surface area contributed by atoms with E-state index in [1.807, 2.05) is 0 Å². The zero-order chi connectivity index (χ0) is 15.9. The number of benzene rings is 1. The molecular weight excluding hydrogens is 342 g/mol. The van der Waals surface area contributed by atoms with Crippen molar-refractivity contribution in [1.82, 2.24) is 10.2 Å². The summed E-state index contributed by atoms with van der Waals surface area (Å²) < 4.78 is 6.40. The van der Waals surface area contributed by atoms with Crippen molar-refractivity contribution >= 4 is 45.7 Å². The number of rotatable bonds is 7. The van der Waals surface area contributed by atoms with Crippen LogP contribution in [0.5, 0.6) is 5.75 Å². The predicted molar refractivity (Wildman–Crippen MR) is 91.1 cm³/mol. The summed E-state index contributed by atoms with van der Waals surface area (Å²) in [5, 5.41) is 11.6. The third-order valence-electron chi connectivity index (χ3n) is 2.58. The average Bonchev–Trinajstić information content (AvgIpc) is 2.94. The Kier molecular flexibility index (Phi) is 6.48. The smallest absolute Gasteiger partial charge is 0.266 e. The van der Waals surface area contributed by atoms with Gasteiger partial charge in [-0.25, -0.2) is 0 Å². The first kappa shape index (κ1) is 17.1. The van der Waals surface area contributed by atoms with E-state index < -0.39 is 6.10 Å². The number of thioether (sulfide) groups is 1. The Balaban J connectivity index is 1.91. The number of anilines is 1. The van der Waals surface area contributed by atoms with Gasteiger partial charge in [-0.1, -0.05) is 53.8 Å². The molecule has 1 amide bonds. The topological polar surface area (TPSA) is 64.1 Å². The summed E-state index contributed by atoms with van der Waals surface area (Å²) in [7, 11) is 0. The predicted octanol–water partition coefficient (Wildman–Crippen LogP) is 4.10. The minimum absolute atomic E-state index is 0.289. The van der Waals surface area contributed by atoms with Gasteiger partial charge in [0.2, 0.25) is 5.13 Å². The average molecular weight is 358 g/mol. The van der Waals surface area contributed by atoms with Crippen LogP contribution in [-0.2, 0) is 4.79 Å². The van der Waals surface area contributed by atoms with E-state index >= 15 is 0 Å². The first-order chi connectivity index (χ1) is 10.6. The molecule has 0 spiro atoms. The third-order valence-corrected chi connectivity index (χ3v) is 5.07. The molecule has 2 rings (SSSR count). The highest BCUT2D eigenvalue weighted by atomic mass is 35.5. The highest BCUT2D eigenvalue weighted by Crippen LogP contribution is 2.27. The van der Waals surface area contributed by atoms with Crippen molar-refractivity contribution in [3.05, 3.63) is 29.3 Å². The van der Waals surface area contributed by atoms with Crippen LogP contribution in [-0.4, -0.2) is 28.0 Å². The molecule has 0 fully saturated rings. The second kappa shape index (κ2) is 8.36. The van der Waals surface area contributed by atoms with Crippen LogP contribution in [0.4, 0.5) is 5.13 Å². The van der Waals surface area contributed by atoms with Crippen molar-refractivity contribution in [3.8, 4) is 5.75 Å². The maximum atomic E-state index is 12.1. The van der Waals surface area contributed by atoms with Gasteiger partial charge in [0.25, 0.3) is 5.91 Å². The number of hydrogen-bond donors (Lipinski definition) is 1. The van der Waals surface area contributed by atoms with E-state index in [-0.39, 0.29) is 5.91 Å². The Hall–Kier alpha value is -1.31. The Morgan fingerprint density at radius 1 is 1.45 bits per heavy atom. The van der Waals surface area contributed by atoms with E-state index in [0.29, 0.717) is 15.9 Å². The molecule has 0 bridgehead atoms. The molecule has 0 unspecified atom stereocenters. The molecule has 0 aliphatic carbocycles. The molecule has 1 heterocycles. The number of para-hydroxylation sites is 1. The number of nitrogens with zero attached hydrogens (tertiary/aromatic N) is 2. The van der Waals surface area contributed by atoms with Crippen molar-refractivity contribution in [2.45, 2.75) is 30.7 Å². The first-order valence-electron chi connectivity index (χ1n) is 6.78. The lowest BCUT2D eigenvalue weighted by atomic mass is 10.3. The van der Waals surface area contributed by atoms with E-state index in [4.69, 9.17) is 16.3 Å². The van der Waals surface area contributed by atoms with Crippen molar-refractivity contribution < 1.29 is 9.53 Å². The van der Waals surface area contributed by atoms with Crippen LogP contribution in [0.25, 0.3) is 0 Å². The van der Waals surface area contributed by atoms with Crippen LogP contribution < -0.4 is 10.1 Å². The summed E-state index contributed by atoms with van der Waals surface area (Å²) in [5.41, 5.74) is 0. The molecule has 2 aromatic rings. The fraction of sp³-hybridized carbons (Fsp3) is 0.357. The summed E-state index contributed by atoms with van der Waals surface area (Å²) >= 11 is 8.99. The highest BCUT2D eigenvalue weighted by molar-refractivity contribution is 8.01. The lowest BCUT2D eigenvalue weighted by molar-refractivity contribution is -0.122. The molecule has 5 nitrogen and oxygen atoms in total. The fourth-order valence-corrected chi connectivity index (χ4v) is 3.36. The van der Waals surface area contributed by atoms with Crippen molar-refractivity contribution in [2.24, 2.45) is 0 Å². The van der Waals surface area contributed by atoms with Crippen molar-refractivity contribution in [3.63, 3.8) is 0 Å². The standard InChI is InChI=1S/C14H16ClN3O2S2/c1-3-8-21-14-18-17-13(22-14)16-12(19)9(2)20-11-7-5-4-6-10(11)15/h4-7,9H,3,8H2,1-2H3,(H,16,17,19)/t9-/m0/s1. The van der Waals surface area contributed by atoms with E-state index in [1.54, 1.807) is 43.0 Å². The van der Waals surface area contributed by atoms with Gasteiger partial charge >= 0.3 is 0 Å². The monoisotopic (exact) mass is 357 g/mol. The lowest BCUT2D eigenvalue weighted by Crippen LogP contribution is -2.30. The van der Waals surface area contributed by atoms with E-state index in [0.717, 1.165) is 16.5 Å². The molecular formula is C14H16ClN3O2S2. The lowest BCUT2D eigenvalue weighted by Gasteiger charge is -2.14. The van der Waals surface area contributed by atoms with Crippen LogP contribution in [0.1, 0.15) is 20.3 Å². The molecule has 118 valence electrons. The van der Waals surface area contributed by atoms with E-state index in [1.165, 1.54) is 11.3 Å². The van der Waals surface area contributed by atoms with Gasteiger partial charge in [-0.15, -0.1) is 10.2 Å². The van der Waals surface area contributed by atoms with Gasteiger partial charge in [-0.2, -0.15) is 0 Å². The Morgan fingerprint density at radius 2 is 2.23 bits per heavy atom. The summed E-state index contributed by atoms with van der Waals surface area (Å²) in [5.74, 6) is 1.17. The van der Waals surface area contributed by atoms with Gasteiger partial charge in [0.15, 0.2) is 10.4 Å². The van der Waals surface area contributed by atoms with Gasteiger partial charge in [0.05, 0.1) is 5.02 Å². The first-order valence-corrected chi connectivity index (χ1v) is 8.96. The Morgan fingerprint density at radius 3 is 2.95 bits per heavy atom. The second-order valence-corrected chi connectivity index (χ2v) is 7.13. The molecule has 1 aromatic carbocycles. The molecule has 0 saturated heterocycles. The van der Waals surface area contributed by atoms with Gasteiger partial charge in [-0.3, -0.25) is 10.1 Å². The molecule has 0 aliphatic heterocycles. The number of halogens is 1. The Bertz CT molecular complexity index is 636. The molecule has 0 radical (unpaired) electrons. The SMILES string of the molecule is CCCSc1nnc(NC(=O)[C@H](C)Oc2ccccc2Cl)s1. The number of nitrogens with one attached hydrogen (secondary N) is 1. The van der Waals surface area contributed by atoms with Crippen LogP contribution in [0, 0.1) is 0 Å². The van der Waals surface area contributed by atoms with Crippen LogP contribution >= 0.6 is 34.7 Å². The molecule has 22 heavy (non-hydrogen) atoms. The zero-order valence-electron chi connectivity index (χ0n) is 12.2. The summed E-state index contributed by atoms with van der Waals surface area (Å²) in [6.07, 6.45) is 0.379. The summed E-state index contributed by atoms with van der Waals surface area (Å²) in [4.78, 5) is 12.1.